The van der Waals surface area contributed by atoms with Gasteiger partial charge in [0, 0.05) is 6.42 Å². The average molecular weight is 444 g/mol. The van der Waals surface area contributed by atoms with Crippen LogP contribution in [0.15, 0.2) is 41.3 Å². The molecule has 2 aromatic rings. The van der Waals surface area contributed by atoms with E-state index < -0.39 is 0 Å². The largest absolute Gasteiger partial charge is 0.493 e. The second-order valence-corrected chi connectivity index (χ2v) is 8.46. The molecule has 0 saturated carbocycles. The maximum absolute atomic E-state index is 11.9. The summed E-state index contributed by atoms with van der Waals surface area (Å²) in [4.78, 5) is 12.4. The van der Waals surface area contributed by atoms with Crippen molar-refractivity contribution in [2.45, 2.75) is 27.2 Å². The maximum atomic E-state index is 11.9. The number of ether oxygens (including phenoxy) is 3. The van der Waals surface area contributed by atoms with Gasteiger partial charge in [0.2, 0.25) is 0 Å². The molecule has 0 bridgehead atoms. The van der Waals surface area contributed by atoms with E-state index in [0.29, 0.717) is 40.5 Å². The molecule has 5 nitrogen and oxygen atoms in total. The third-order valence-electron chi connectivity index (χ3n) is 4.57. The van der Waals surface area contributed by atoms with Crippen LogP contribution in [0.5, 0.6) is 17.2 Å². The molecule has 1 saturated heterocycles. The molecule has 0 unspecified atom stereocenters. The molecule has 1 N–H and O–H groups in total. The molecule has 30 heavy (non-hydrogen) atoms. The number of amides is 1. The number of nitrogens with one attached hydrogen (secondary N) is 1. The van der Waals surface area contributed by atoms with Crippen LogP contribution in [-0.4, -0.2) is 30.0 Å². The summed E-state index contributed by atoms with van der Waals surface area (Å²) < 4.78 is 18.0. The van der Waals surface area contributed by atoms with Gasteiger partial charge in [-0.1, -0.05) is 42.2 Å². The first-order valence-electron chi connectivity index (χ1n) is 9.81. The van der Waals surface area contributed by atoms with Crippen molar-refractivity contribution >= 4 is 40.3 Å². The Labute approximate surface area is 186 Å². The van der Waals surface area contributed by atoms with Gasteiger partial charge in [-0.25, -0.2) is 0 Å². The van der Waals surface area contributed by atoms with Crippen molar-refractivity contribution in [2.75, 3.05) is 19.8 Å². The van der Waals surface area contributed by atoms with Gasteiger partial charge in [0.15, 0.2) is 11.5 Å². The molecular weight excluding hydrogens is 418 g/mol. The van der Waals surface area contributed by atoms with Crippen LogP contribution in [0, 0.1) is 13.8 Å². The summed E-state index contributed by atoms with van der Waals surface area (Å²) in [6, 6.07) is 11.7. The third kappa shape index (κ3) is 5.77. The van der Waals surface area contributed by atoms with E-state index in [2.05, 4.69) is 25.2 Å². The molecule has 3 rings (SSSR count). The van der Waals surface area contributed by atoms with Crippen molar-refractivity contribution in [3.63, 3.8) is 0 Å². The number of aryl methyl sites for hydroxylation is 1. The number of thioether (sulfide) groups is 1. The number of carbonyl (C=O) groups is 1. The minimum Gasteiger partial charge on any atom is -0.493 e. The van der Waals surface area contributed by atoms with Crippen LogP contribution in [0.3, 0.4) is 0 Å². The Bertz CT molecular complexity index is 972. The first kappa shape index (κ1) is 22.2. The second-order valence-electron chi connectivity index (χ2n) is 6.74. The van der Waals surface area contributed by atoms with Crippen LogP contribution in [0.2, 0.25) is 0 Å². The Kier molecular flexibility index (Phi) is 7.76. The highest BCUT2D eigenvalue weighted by atomic mass is 32.2. The summed E-state index contributed by atoms with van der Waals surface area (Å²) in [5.41, 5.74) is 3.23. The summed E-state index contributed by atoms with van der Waals surface area (Å²) in [5, 5.41) is 2.62. The lowest BCUT2D eigenvalue weighted by molar-refractivity contribution is -0.115. The Morgan fingerprint density at radius 3 is 2.50 bits per heavy atom. The van der Waals surface area contributed by atoms with Crippen LogP contribution in [-0.2, 0) is 4.79 Å². The smallest absolute Gasteiger partial charge is 0.263 e. The quantitative estimate of drug-likeness (QED) is 0.333. The molecule has 1 aliphatic heterocycles. The van der Waals surface area contributed by atoms with Crippen molar-refractivity contribution in [3.8, 4) is 17.2 Å². The Balaban J connectivity index is 1.57. The third-order valence-corrected chi connectivity index (χ3v) is 5.73. The van der Waals surface area contributed by atoms with Crippen LogP contribution in [0.4, 0.5) is 0 Å². The molecule has 158 valence electrons. The standard InChI is InChI=1S/C23H25NO4S2/c1-4-26-20-13-17(14-21-22(25)24-23(29)30-21)9-10-19(20)28-12-6-11-27-18-8-5-7-15(2)16(18)3/h5,7-10,13-14H,4,6,11-12H2,1-3H3,(H,24,25,29). The highest BCUT2D eigenvalue weighted by Gasteiger charge is 2.22. The molecule has 1 fully saturated rings. The molecule has 1 aliphatic rings. The summed E-state index contributed by atoms with van der Waals surface area (Å²) in [7, 11) is 0. The van der Waals surface area contributed by atoms with Crippen molar-refractivity contribution < 1.29 is 19.0 Å². The first-order valence-corrected chi connectivity index (χ1v) is 11.0. The fourth-order valence-corrected chi connectivity index (χ4v) is 3.92. The minimum absolute atomic E-state index is 0.174. The number of hydrogen-bond donors (Lipinski definition) is 1. The van der Waals surface area contributed by atoms with E-state index in [9.17, 15) is 4.79 Å². The highest BCUT2D eigenvalue weighted by molar-refractivity contribution is 8.26. The van der Waals surface area contributed by atoms with Crippen molar-refractivity contribution in [2.24, 2.45) is 0 Å². The van der Waals surface area contributed by atoms with Crippen LogP contribution in [0.1, 0.15) is 30.0 Å². The molecule has 0 aliphatic carbocycles. The van der Waals surface area contributed by atoms with Gasteiger partial charge >= 0.3 is 0 Å². The monoisotopic (exact) mass is 443 g/mol. The van der Waals surface area contributed by atoms with Crippen molar-refractivity contribution in [1.82, 2.24) is 5.32 Å². The fourth-order valence-electron chi connectivity index (χ4n) is 2.88. The molecule has 0 spiro atoms. The lowest BCUT2D eigenvalue weighted by atomic mass is 10.1. The summed E-state index contributed by atoms with van der Waals surface area (Å²) in [5.74, 6) is 2.06. The summed E-state index contributed by atoms with van der Waals surface area (Å²) >= 11 is 6.28. The zero-order valence-electron chi connectivity index (χ0n) is 17.3. The summed E-state index contributed by atoms with van der Waals surface area (Å²) in [6.07, 6.45) is 2.54. The molecular formula is C23H25NO4S2. The number of thiocarbonyl (C=S) groups is 1. The van der Waals surface area contributed by atoms with Gasteiger partial charge in [-0.15, -0.1) is 0 Å². The van der Waals surface area contributed by atoms with Gasteiger partial charge in [-0.3, -0.25) is 4.79 Å². The summed E-state index contributed by atoms with van der Waals surface area (Å²) in [6.45, 7) is 7.67. The number of benzene rings is 2. The number of carbonyl (C=O) groups excluding carboxylic acids is 1. The Hall–Kier alpha value is -2.51. The molecule has 1 heterocycles. The molecule has 1 amide bonds. The second kappa shape index (κ2) is 10.5. The van der Waals surface area contributed by atoms with Gasteiger partial charge in [-0.2, -0.15) is 0 Å². The lowest BCUT2D eigenvalue weighted by Crippen LogP contribution is -2.17. The van der Waals surface area contributed by atoms with Gasteiger partial charge < -0.3 is 19.5 Å². The van der Waals surface area contributed by atoms with E-state index in [-0.39, 0.29) is 5.91 Å². The Morgan fingerprint density at radius 2 is 1.80 bits per heavy atom. The highest BCUT2D eigenvalue weighted by Crippen LogP contribution is 2.32. The minimum atomic E-state index is -0.174. The van der Waals surface area contributed by atoms with E-state index in [1.54, 1.807) is 6.08 Å². The first-order chi connectivity index (χ1) is 14.5. The van der Waals surface area contributed by atoms with E-state index in [0.717, 1.165) is 23.3 Å². The van der Waals surface area contributed by atoms with Gasteiger partial charge in [-0.05, 0) is 61.7 Å². The lowest BCUT2D eigenvalue weighted by Gasteiger charge is -2.14. The normalized spacial score (nSPS) is 14.7. The average Bonchev–Trinajstić information content (AvgIpc) is 3.03. The van der Waals surface area contributed by atoms with Crippen molar-refractivity contribution in [3.05, 3.63) is 58.0 Å². The molecule has 0 radical (unpaired) electrons. The van der Waals surface area contributed by atoms with E-state index in [4.69, 9.17) is 26.4 Å². The van der Waals surface area contributed by atoms with E-state index in [1.165, 1.54) is 17.3 Å². The molecule has 0 aromatic heterocycles. The van der Waals surface area contributed by atoms with E-state index in [1.807, 2.05) is 37.3 Å². The van der Waals surface area contributed by atoms with Crippen LogP contribution >= 0.6 is 24.0 Å². The Morgan fingerprint density at radius 1 is 1.03 bits per heavy atom. The molecule has 7 heteroatoms. The van der Waals surface area contributed by atoms with Crippen LogP contribution in [0.25, 0.3) is 6.08 Å². The SMILES string of the molecule is CCOc1cc(C=C2SC(=S)NC2=O)ccc1OCCCOc1cccc(C)c1C. The predicted octanol–water partition coefficient (Wildman–Crippen LogP) is 5.04. The predicted molar refractivity (Wildman–Crippen MR) is 125 cm³/mol. The molecule has 0 atom stereocenters. The number of rotatable bonds is 9. The fraction of sp³-hybridized carbons (Fsp3) is 0.304. The zero-order chi connectivity index (χ0) is 21.5. The van der Waals surface area contributed by atoms with Crippen LogP contribution < -0.4 is 19.5 Å². The van der Waals surface area contributed by atoms with Gasteiger partial charge in [0.25, 0.3) is 5.91 Å². The molecule has 2 aromatic carbocycles. The van der Waals surface area contributed by atoms with Gasteiger partial charge in [0.1, 0.15) is 10.1 Å². The number of hydrogen-bond acceptors (Lipinski definition) is 6. The zero-order valence-corrected chi connectivity index (χ0v) is 19.0. The van der Waals surface area contributed by atoms with Gasteiger partial charge in [0.05, 0.1) is 24.7 Å². The topological polar surface area (TPSA) is 56.8 Å². The van der Waals surface area contributed by atoms with E-state index >= 15 is 0 Å². The maximum Gasteiger partial charge on any atom is 0.263 e. The van der Waals surface area contributed by atoms with Crippen molar-refractivity contribution in [1.29, 1.82) is 0 Å².